The first-order valence-corrected chi connectivity index (χ1v) is 7.89. The zero-order chi connectivity index (χ0) is 13.8. The van der Waals surface area contributed by atoms with Crippen molar-refractivity contribution in [2.45, 2.75) is 30.7 Å². The highest BCUT2D eigenvalue weighted by Crippen LogP contribution is 2.25. The van der Waals surface area contributed by atoms with Crippen LogP contribution in [0.1, 0.15) is 25.8 Å². The summed E-state index contributed by atoms with van der Waals surface area (Å²) in [6.45, 7) is 4.87. The first kappa shape index (κ1) is 15.1. The molecule has 1 aromatic carbocycles. The molecule has 102 valence electrons. The number of benzene rings is 1. The molecule has 0 fully saturated rings. The van der Waals surface area contributed by atoms with Crippen LogP contribution in [0.2, 0.25) is 0 Å². The van der Waals surface area contributed by atoms with Gasteiger partial charge in [0.15, 0.2) is 9.84 Å². The van der Waals surface area contributed by atoms with Gasteiger partial charge in [-0.05, 0) is 37.6 Å². The van der Waals surface area contributed by atoms with Gasteiger partial charge in [-0.15, -0.1) is 0 Å². The van der Waals surface area contributed by atoms with Crippen LogP contribution < -0.4 is 5.32 Å². The van der Waals surface area contributed by atoms with E-state index in [1.807, 2.05) is 13.8 Å². The highest BCUT2D eigenvalue weighted by atomic mass is 32.2. The minimum absolute atomic E-state index is 0.0807. The Morgan fingerprint density at radius 2 is 1.83 bits per heavy atom. The molecule has 0 amide bonds. The average Bonchev–Trinajstić information content (AvgIpc) is 2.29. The Hall–Kier alpha value is -0.910. The fourth-order valence-electron chi connectivity index (χ4n) is 2.02. The number of aliphatic hydroxyl groups excluding tert-OH is 1. The van der Waals surface area contributed by atoms with E-state index in [0.717, 1.165) is 12.1 Å². The summed E-state index contributed by atoms with van der Waals surface area (Å²) in [5.41, 5.74) is 0.644. The lowest BCUT2D eigenvalue weighted by atomic mass is 9.89. The highest BCUT2D eigenvalue weighted by Gasteiger charge is 2.24. The molecule has 5 heteroatoms. The first-order valence-electron chi connectivity index (χ1n) is 6.00. The molecule has 0 spiro atoms. The molecule has 0 aromatic heterocycles. The molecule has 0 aliphatic heterocycles. The Kier molecular flexibility index (Phi) is 4.90. The summed E-state index contributed by atoms with van der Waals surface area (Å²) >= 11 is 0. The van der Waals surface area contributed by atoms with E-state index in [1.54, 1.807) is 24.3 Å². The van der Waals surface area contributed by atoms with Crippen molar-refractivity contribution in [3.05, 3.63) is 29.8 Å². The molecular formula is C13H21NO3S. The molecule has 0 bridgehead atoms. The smallest absolute Gasteiger partial charge is 0.175 e. The second-order valence-corrected chi connectivity index (χ2v) is 6.65. The summed E-state index contributed by atoms with van der Waals surface area (Å²) in [6.07, 6.45) is 1.78. The third-order valence-corrected chi connectivity index (χ3v) is 4.23. The molecule has 2 N–H and O–H groups in total. The molecule has 1 unspecified atom stereocenters. The van der Waals surface area contributed by atoms with Crippen molar-refractivity contribution in [2.75, 3.05) is 19.4 Å². The number of rotatable bonds is 6. The van der Waals surface area contributed by atoms with Crippen molar-refractivity contribution in [3.8, 4) is 0 Å². The fourth-order valence-corrected chi connectivity index (χ4v) is 2.65. The molecule has 1 rings (SSSR count). The van der Waals surface area contributed by atoms with Gasteiger partial charge in [0.2, 0.25) is 0 Å². The maximum absolute atomic E-state index is 11.4. The molecule has 0 saturated carbocycles. The molecule has 18 heavy (non-hydrogen) atoms. The van der Waals surface area contributed by atoms with Gasteiger partial charge in [-0.25, -0.2) is 8.42 Å². The van der Waals surface area contributed by atoms with Gasteiger partial charge in [-0.3, -0.25) is 0 Å². The standard InChI is InChI=1S/C13H21NO3S/c1-4-14-13(2,9-10-15)11-5-7-12(8-6-11)18(3,16)17/h5-8,14-15H,4,9-10H2,1-3H3. The van der Waals surface area contributed by atoms with Crippen LogP contribution >= 0.6 is 0 Å². The predicted octanol–water partition coefficient (Wildman–Crippen LogP) is 1.30. The van der Waals surface area contributed by atoms with Crippen LogP contribution in [0.5, 0.6) is 0 Å². The van der Waals surface area contributed by atoms with Crippen LogP contribution in [0.15, 0.2) is 29.2 Å². The van der Waals surface area contributed by atoms with Gasteiger partial charge in [0.25, 0.3) is 0 Å². The maximum atomic E-state index is 11.4. The zero-order valence-electron chi connectivity index (χ0n) is 11.1. The van der Waals surface area contributed by atoms with E-state index < -0.39 is 9.84 Å². The van der Waals surface area contributed by atoms with Crippen molar-refractivity contribution in [3.63, 3.8) is 0 Å². The van der Waals surface area contributed by atoms with Gasteiger partial charge in [-0.1, -0.05) is 19.1 Å². The largest absolute Gasteiger partial charge is 0.396 e. The number of nitrogens with one attached hydrogen (secondary N) is 1. The van der Waals surface area contributed by atoms with E-state index >= 15 is 0 Å². The molecule has 1 atom stereocenters. The van der Waals surface area contributed by atoms with Crippen molar-refractivity contribution in [1.29, 1.82) is 0 Å². The lowest BCUT2D eigenvalue weighted by Crippen LogP contribution is -2.40. The Labute approximate surface area is 109 Å². The van der Waals surface area contributed by atoms with Gasteiger partial charge in [-0.2, -0.15) is 0 Å². The number of aliphatic hydroxyl groups is 1. The third kappa shape index (κ3) is 3.54. The van der Waals surface area contributed by atoms with E-state index in [0.29, 0.717) is 11.3 Å². The Balaban J connectivity index is 3.08. The normalized spacial score (nSPS) is 15.3. The van der Waals surface area contributed by atoms with Crippen LogP contribution in [0.3, 0.4) is 0 Å². The van der Waals surface area contributed by atoms with Crippen LogP contribution in [-0.2, 0) is 15.4 Å². The summed E-state index contributed by atoms with van der Waals surface area (Å²) in [4.78, 5) is 0.314. The predicted molar refractivity (Wildman–Crippen MR) is 72.3 cm³/mol. The first-order chi connectivity index (χ1) is 8.33. The SMILES string of the molecule is CCNC(C)(CCO)c1ccc(S(C)(=O)=O)cc1. The summed E-state index contributed by atoms with van der Waals surface area (Å²) in [5, 5.41) is 12.5. The molecule has 0 saturated heterocycles. The van der Waals surface area contributed by atoms with Crippen LogP contribution in [0.25, 0.3) is 0 Å². The van der Waals surface area contributed by atoms with E-state index in [1.165, 1.54) is 6.26 Å². The van der Waals surface area contributed by atoms with E-state index in [4.69, 9.17) is 5.11 Å². The summed E-state index contributed by atoms with van der Waals surface area (Å²) in [6, 6.07) is 6.82. The molecular weight excluding hydrogens is 250 g/mol. The minimum Gasteiger partial charge on any atom is -0.396 e. The van der Waals surface area contributed by atoms with Crippen molar-refractivity contribution in [2.24, 2.45) is 0 Å². The molecule has 0 aliphatic carbocycles. The second kappa shape index (κ2) is 5.82. The third-order valence-electron chi connectivity index (χ3n) is 3.10. The number of hydrogen-bond donors (Lipinski definition) is 2. The van der Waals surface area contributed by atoms with Crippen LogP contribution in [0, 0.1) is 0 Å². The highest BCUT2D eigenvalue weighted by molar-refractivity contribution is 7.90. The van der Waals surface area contributed by atoms with Crippen molar-refractivity contribution < 1.29 is 13.5 Å². The number of hydrogen-bond acceptors (Lipinski definition) is 4. The monoisotopic (exact) mass is 271 g/mol. The Morgan fingerprint density at radius 1 is 1.28 bits per heavy atom. The minimum atomic E-state index is -3.16. The number of sulfone groups is 1. The zero-order valence-corrected chi connectivity index (χ0v) is 11.9. The topological polar surface area (TPSA) is 66.4 Å². The van der Waals surface area contributed by atoms with Crippen LogP contribution in [0.4, 0.5) is 0 Å². The molecule has 0 aliphatic rings. The molecule has 4 nitrogen and oxygen atoms in total. The van der Waals surface area contributed by atoms with E-state index in [9.17, 15) is 8.42 Å². The Bertz CT molecular complexity index is 473. The average molecular weight is 271 g/mol. The van der Waals surface area contributed by atoms with Gasteiger partial charge in [0.05, 0.1) is 4.90 Å². The lowest BCUT2D eigenvalue weighted by molar-refractivity contribution is 0.223. The maximum Gasteiger partial charge on any atom is 0.175 e. The van der Waals surface area contributed by atoms with E-state index in [2.05, 4.69) is 5.32 Å². The summed E-state index contributed by atoms with van der Waals surface area (Å²) in [7, 11) is -3.16. The quantitative estimate of drug-likeness (QED) is 0.818. The van der Waals surface area contributed by atoms with Gasteiger partial charge in [0, 0.05) is 18.4 Å². The Morgan fingerprint density at radius 3 is 2.22 bits per heavy atom. The van der Waals surface area contributed by atoms with Crippen LogP contribution in [-0.4, -0.2) is 32.9 Å². The van der Waals surface area contributed by atoms with Gasteiger partial charge < -0.3 is 10.4 Å². The van der Waals surface area contributed by atoms with Crippen molar-refractivity contribution in [1.82, 2.24) is 5.32 Å². The van der Waals surface area contributed by atoms with E-state index in [-0.39, 0.29) is 12.1 Å². The summed E-state index contributed by atoms with van der Waals surface area (Å²) < 4.78 is 22.8. The molecule has 1 aromatic rings. The molecule has 0 heterocycles. The van der Waals surface area contributed by atoms with Crippen molar-refractivity contribution >= 4 is 9.84 Å². The van der Waals surface area contributed by atoms with Gasteiger partial charge in [0.1, 0.15) is 0 Å². The lowest BCUT2D eigenvalue weighted by Gasteiger charge is -2.30. The fraction of sp³-hybridized carbons (Fsp3) is 0.538. The summed E-state index contributed by atoms with van der Waals surface area (Å²) in [5.74, 6) is 0. The second-order valence-electron chi connectivity index (χ2n) is 4.63. The van der Waals surface area contributed by atoms with Gasteiger partial charge >= 0.3 is 0 Å². The molecule has 0 radical (unpaired) electrons.